The van der Waals surface area contributed by atoms with Crippen molar-refractivity contribution in [2.45, 2.75) is 37.6 Å². The lowest BCUT2D eigenvalue weighted by Gasteiger charge is -2.19. The van der Waals surface area contributed by atoms with Gasteiger partial charge in [-0.05, 0) is 59.6 Å². The van der Waals surface area contributed by atoms with Gasteiger partial charge in [-0.1, -0.05) is 78.2 Å². The number of amides is 2. The van der Waals surface area contributed by atoms with Crippen molar-refractivity contribution in [2.75, 3.05) is 6.54 Å². The Morgan fingerprint density at radius 1 is 1.00 bits per heavy atom. The monoisotopic (exact) mass is 542 g/mol. The fraction of sp³-hybridized carbons (Fsp3) is 0.219. The van der Waals surface area contributed by atoms with Crippen LogP contribution in [0.5, 0.6) is 0 Å². The highest BCUT2D eigenvalue weighted by molar-refractivity contribution is 6.35. The lowest BCUT2D eigenvalue weighted by molar-refractivity contribution is -0.139. The van der Waals surface area contributed by atoms with E-state index >= 15 is 0 Å². The summed E-state index contributed by atoms with van der Waals surface area (Å²) in [5.74, 6) is 0.124. The molecule has 2 amide bonds. The molecule has 198 valence electrons. The number of terminal acetylenes is 1. The van der Waals surface area contributed by atoms with Crippen LogP contribution >= 0.6 is 11.6 Å². The molecule has 2 N–H and O–H groups in total. The van der Waals surface area contributed by atoms with Gasteiger partial charge >= 0.3 is 11.8 Å². The number of nitrogens with one attached hydrogen (secondary N) is 2. The van der Waals surface area contributed by atoms with Gasteiger partial charge in [-0.2, -0.15) is 0 Å². The largest absolute Gasteiger partial charge is 0.344 e. The van der Waals surface area contributed by atoms with Crippen molar-refractivity contribution in [2.24, 2.45) is 0 Å². The molecule has 0 saturated heterocycles. The lowest BCUT2D eigenvalue weighted by atomic mass is 9.85. The van der Waals surface area contributed by atoms with Gasteiger partial charge in [0.1, 0.15) is 5.82 Å². The molecule has 7 heteroatoms. The molecule has 0 spiro atoms. The second-order valence-electron chi connectivity index (χ2n) is 9.74. The van der Waals surface area contributed by atoms with E-state index in [0.29, 0.717) is 33.7 Å². The van der Waals surface area contributed by atoms with Crippen LogP contribution in [0.1, 0.15) is 47.2 Å². The second-order valence-corrected chi connectivity index (χ2v) is 10.2. The number of hydrogen-bond donors (Lipinski definition) is 2. The van der Waals surface area contributed by atoms with Crippen LogP contribution in [-0.2, 0) is 21.5 Å². The summed E-state index contributed by atoms with van der Waals surface area (Å²) in [5, 5.41) is 5.35. The standard InChI is InChI=1S/C32H28ClFN2O3/c1-3-14-35-30(38)31(39)36-20-22-8-4-5-10-27(22)29(37)15-21(2)19-32(12-13-32)24-16-23(17-25(33)18-24)26-9-6-7-11-28(26)34/h1,4-11,16-18H,2,12-15,19-20H2,(H,35,38)(H,36,39). The molecule has 4 rings (SSSR count). The van der Waals surface area contributed by atoms with Crippen LogP contribution in [-0.4, -0.2) is 24.1 Å². The molecular formula is C32H28ClFN2O3. The zero-order chi connectivity index (χ0) is 28.0. The van der Waals surface area contributed by atoms with E-state index in [-0.39, 0.29) is 36.5 Å². The number of rotatable bonds is 10. The lowest BCUT2D eigenvalue weighted by Crippen LogP contribution is -2.39. The van der Waals surface area contributed by atoms with Crippen LogP contribution in [0.25, 0.3) is 11.1 Å². The molecule has 1 aliphatic rings. The summed E-state index contributed by atoms with van der Waals surface area (Å²) >= 11 is 6.44. The minimum absolute atomic E-state index is 0.0158. The van der Waals surface area contributed by atoms with Gasteiger partial charge in [0.05, 0.1) is 6.54 Å². The molecule has 1 fully saturated rings. The van der Waals surface area contributed by atoms with Crippen LogP contribution < -0.4 is 10.6 Å². The van der Waals surface area contributed by atoms with Crippen molar-refractivity contribution >= 4 is 29.2 Å². The number of allylic oxidation sites excluding steroid dienone is 1. The fourth-order valence-corrected chi connectivity index (χ4v) is 4.98. The van der Waals surface area contributed by atoms with Gasteiger partial charge in [0.2, 0.25) is 0 Å². The predicted molar refractivity (Wildman–Crippen MR) is 151 cm³/mol. The molecular weight excluding hydrogens is 515 g/mol. The van der Waals surface area contributed by atoms with Crippen molar-refractivity contribution in [1.29, 1.82) is 0 Å². The molecule has 0 heterocycles. The molecule has 3 aromatic carbocycles. The van der Waals surface area contributed by atoms with Crippen molar-refractivity contribution < 1.29 is 18.8 Å². The van der Waals surface area contributed by atoms with Crippen molar-refractivity contribution in [3.63, 3.8) is 0 Å². The molecule has 3 aromatic rings. The molecule has 0 unspecified atom stereocenters. The fourth-order valence-electron chi connectivity index (χ4n) is 4.74. The normalized spacial score (nSPS) is 13.2. The minimum atomic E-state index is -0.834. The SMILES string of the molecule is C#CCNC(=O)C(=O)NCc1ccccc1C(=O)CC(=C)CC1(c2cc(Cl)cc(-c3ccccc3F)c2)CC1. The Kier molecular flexibility index (Phi) is 8.63. The molecule has 0 aromatic heterocycles. The molecule has 0 bridgehead atoms. The van der Waals surface area contributed by atoms with E-state index in [2.05, 4.69) is 23.1 Å². The maximum Gasteiger partial charge on any atom is 0.310 e. The first-order valence-corrected chi connectivity index (χ1v) is 12.9. The highest BCUT2D eigenvalue weighted by atomic mass is 35.5. The Hall–Kier alpha value is -4.21. The first-order valence-electron chi connectivity index (χ1n) is 12.6. The van der Waals surface area contributed by atoms with Gasteiger partial charge in [-0.15, -0.1) is 6.42 Å². The topological polar surface area (TPSA) is 75.3 Å². The first-order chi connectivity index (χ1) is 18.7. The van der Waals surface area contributed by atoms with E-state index in [9.17, 15) is 18.8 Å². The smallest absolute Gasteiger partial charge is 0.310 e. The highest BCUT2D eigenvalue weighted by Crippen LogP contribution is 2.54. The van der Waals surface area contributed by atoms with E-state index in [1.54, 1.807) is 48.5 Å². The molecule has 0 aliphatic heterocycles. The number of hydrogen-bond acceptors (Lipinski definition) is 3. The number of benzene rings is 3. The Labute approximate surface area is 232 Å². The van der Waals surface area contributed by atoms with Crippen LogP contribution in [0.15, 0.2) is 78.9 Å². The Bertz CT molecular complexity index is 1490. The summed E-state index contributed by atoms with van der Waals surface area (Å²) in [6.07, 6.45) is 7.66. The molecule has 39 heavy (non-hydrogen) atoms. The summed E-state index contributed by atoms with van der Waals surface area (Å²) in [6.45, 7) is 4.16. The molecule has 1 aliphatic carbocycles. The van der Waals surface area contributed by atoms with Gasteiger partial charge in [0, 0.05) is 29.1 Å². The number of ketones is 1. The molecule has 1 saturated carbocycles. The Morgan fingerprint density at radius 3 is 2.41 bits per heavy atom. The average molecular weight is 543 g/mol. The van der Waals surface area contributed by atoms with Gasteiger partial charge in [-0.3, -0.25) is 14.4 Å². The van der Waals surface area contributed by atoms with Crippen LogP contribution in [0.3, 0.4) is 0 Å². The van der Waals surface area contributed by atoms with E-state index in [1.165, 1.54) is 6.07 Å². The molecule has 0 atom stereocenters. The third-order valence-electron chi connectivity index (χ3n) is 6.86. The van der Waals surface area contributed by atoms with Crippen molar-refractivity contribution in [3.8, 4) is 23.5 Å². The van der Waals surface area contributed by atoms with E-state index in [0.717, 1.165) is 24.0 Å². The van der Waals surface area contributed by atoms with Gasteiger partial charge < -0.3 is 10.6 Å². The van der Waals surface area contributed by atoms with Crippen LogP contribution in [0.4, 0.5) is 4.39 Å². The maximum absolute atomic E-state index is 14.4. The quantitative estimate of drug-likeness (QED) is 0.148. The summed E-state index contributed by atoms with van der Waals surface area (Å²) in [6, 6.07) is 19.2. The highest BCUT2D eigenvalue weighted by Gasteiger charge is 2.44. The van der Waals surface area contributed by atoms with Crippen molar-refractivity contribution in [3.05, 3.63) is 106 Å². The van der Waals surface area contributed by atoms with Gasteiger partial charge in [0.25, 0.3) is 0 Å². The summed E-state index contributed by atoms with van der Waals surface area (Å²) in [5.41, 5.74) is 3.85. The first kappa shape index (κ1) is 27.8. The van der Waals surface area contributed by atoms with E-state index in [4.69, 9.17) is 18.0 Å². The number of Topliss-reactive ketones (excluding diaryl/α,β-unsaturated/α-hetero) is 1. The van der Waals surface area contributed by atoms with Crippen LogP contribution in [0, 0.1) is 18.2 Å². The number of halogens is 2. The average Bonchev–Trinajstić information content (AvgIpc) is 3.70. The summed E-state index contributed by atoms with van der Waals surface area (Å²) in [4.78, 5) is 37.0. The summed E-state index contributed by atoms with van der Waals surface area (Å²) < 4.78 is 14.4. The van der Waals surface area contributed by atoms with Gasteiger partial charge in [-0.25, -0.2) is 4.39 Å². The molecule has 0 radical (unpaired) electrons. The minimum Gasteiger partial charge on any atom is -0.344 e. The van der Waals surface area contributed by atoms with Crippen molar-refractivity contribution in [1.82, 2.24) is 10.6 Å². The second kappa shape index (κ2) is 12.1. The van der Waals surface area contributed by atoms with Gasteiger partial charge in [0.15, 0.2) is 5.78 Å². The number of carbonyl (C=O) groups excluding carboxylic acids is 3. The predicted octanol–water partition coefficient (Wildman–Crippen LogP) is 5.76. The Morgan fingerprint density at radius 2 is 1.69 bits per heavy atom. The number of carbonyl (C=O) groups is 3. The Balaban J connectivity index is 1.43. The third-order valence-corrected chi connectivity index (χ3v) is 7.08. The zero-order valence-corrected chi connectivity index (χ0v) is 22.1. The maximum atomic E-state index is 14.4. The summed E-state index contributed by atoms with van der Waals surface area (Å²) in [7, 11) is 0. The zero-order valence-electron chi connectivity index (χ0n) is 21.4. The van der Waals surface area contributed by atoms with E-state index < -0.39 is 11.8 Å². The molecule has 5 nitrogen and oxygen atoms in total. The third kappa shape index (κ3) is 6.81. The van der Waals surface area contributed by atoms with E-state index in [1.807, 2.05) is 12.1 Å². The van der Waals surface area contributed by atoms with Crippen LogP contribution in [0.2, 0.25) is 5.02 Å².